The van der Waals surface area contributed by atoms with Gasteiger partial charge in [-0.2, -0.15) is 0 Å². The van der Waals surface area contributed by atoms with Crippen molar-refractivity contribution in [1.82, 2.24) is 4.90 Å². The van der Waals surface area contributed by atoms with Gasteiger partial charge in [0.15, 0.2) is 5.75 Å². The summed E-state index contributed by atoms with van der Waals surface area (Å²) in [5, 5.41) is 2.63. The molecule has 0 aliphatic carbocycles. The molecule has 0 spiro atoms. The lowest BCUT2D eigenvalue weighted by Crippen LogP contribution is -2.52. The van der Waals surface area contributed by atoms with Crippen LogP contribution in [-0.2, 0) is 14.3 Å². The Bertz CT molecular complexity index is 770. The Morgan fingerprint density at radius 3 is 2.45 bits per heavy atom. The normalized spacial score (nSPS) is 15.4. The molecule has 1 fully saturated rings. The van der Waals surface area contributed by atoms with Gasteiger partial charge in [-0.1, -0.05) is 13.0 Å². The second-order valence-corrected chi connectivity index (χ2v) is 8.22. The highest BCUT2D eigenvalue weighted by atomic mass is 16.6. The summed E-state index contributed by atoms with van der Waals surface area (Å²) in [4.78, 5) is 40.7. The van der Waals surface area contributed by atoms with E-state index < -0.39 is 17.7 Å². The Kier molecular flexibility index (Phi) is 7.24. The summed E-state index contributed by atoms with van der Waals surface area (Å²) >= 11 is 0. The predicted octanol–water partition coefficient (Wildman–Crippen LogP) is 3.41. The van der Waals surface area contributed by atoms with Crippen LogP contribution in [0.15, 0.2) is 18.2 Å². The van der Waals surface area contributed by atoms with Crippen LogP contribution < -0.4 is 15.0 Å². The van der Waals surface area contributed by atoms with E-state index in [-0.39, 0.29) is 36.4 Å². The van der Waals surface area contributed by atoms with Gasteiger partial charge in [-0.3, -0.25) is 19.8 Å². The number of benzene rings is 1. The van der Waals surface area contributed by atoms with E-state index >= 15 is 0 Å². The Labute approximate surface area is 172 Å². The van der Waals surface area contributed by atoms with Crippen molar-refractivity contribution < 1.29 is 23.9 Å². The van der Waals surface area contributed by atoms with Crippen molar-refractivity contribution in [3.63, 3.8) is 0 Å². The molecule has 1 aliphatic heterocycles. The maximum Gasteiger partial charge on any atom is 0.412 e. The van der Waals surface area contributed by atoms with Gasteiger partial charge in [-0.05, 0) is 46.8 Å². The molecule has 1 saturated heterocycles. The van der Waals surface area contributed by atoms with Crippen LogP contribution in [0.25, 0.3) is 0 Å². The fraction of sp³-hybridized carbons (Fsp3) is 0.571. The van der Waals surface area contributed by atoms with Gasteiger partial charge in [-0.15, -0.1) is 0 Å². The van der Waals surface area contributed by atoms with E-state index in [1.54, 1.807) is 50.8 Å². The number of carbonyl (C=O) groups is 3. The molecule has 8 nitrogen and oxygen atoms in total. The van der Waals surface area contributed by atoms with E-state index in [9.17, 15) is 14.4 Å². The fourth-order valence-corrected chi connectivity index (χ4v) is 2.93. The average molecular weight is 405 g/mol. The van der Waals surface area contributed by atoms with Crippen molar-refractivity contribution >= 4 is 29.3 Å². The van der Waals surface area contributed by atoms with Crippen molar-refractivity contribution in [1.29, 1.82) is 0 Å². The second-order valence-electron chi connectivity index (χ2n) is 8.22. The van der Waals surface area contributed by atoms with Gasteiger partial charge in [0.25, 0.3) is 0 Å². The molecule has 8 heteroatoms. The number of rotatable bonds is 5. The van der Waals surface area contributed by atoms with Crippen LogP contribution >= 0.6 is 0 Å². The standard InChI is InChI=1S/C21H31N3O5/c1-7-18(26)28-19-15(22-20(27)29-21(4,5)6)9-8-10-16(19)24-12-11-23(14(2)3)13-17(24)25/h8-10,14H,7,11-13H2,1-6H3,(H,22,27). The number of nitrogens with zero attached hydrogens (tertiary/aromatic N) is 2. The summed E-state index contributed by atoms with van der Waals surface area (Å²) in [7, 11) is 0. The number of esters is 1. The smallest absolute Gasteiger partial charge is 0.412 e. The van der Waals surface area contributed by atoms with Gasteiger partial charge in [0.2, 0.25) is 5.91 Å². The van der Waals surface area contributed by atoms with E-state index in [0.29, 0.717) is 18.8 Å². The Morgan fingerprint density at radius 2 is 1.90 bits per heavy atom. The summed E-state index contributed by atoms with van der Waals surface area (Å²) in [6, 6.07) is 5.29. The summed E-state index contributed by atoms with van der Waals surface area (Å²) in [6.07, 6.45) is -0.505. The number of hydrogen-bond donors (Lipinski definition) is 1. The molecular weight excluding hydrogens is 374 g/mol. The number of ether oxygens (including phenoxy) is 2. The van der Waals surface area contributed by atoms with Gasteiger partial charge in [-0.25, -0.2) is 4.79 Å². The zero-order valence-electron chi connectivity index (χ0n) is 18.1. The molecule has 29 heavy (non-hydrogen) atoms. The third-order valence-corrected chi connectivity index (χ3v) is 4.41. The second kappa shape index (κ2) is 9.26. The lowest BCUT2D eigenvalue weighted by atomic mass is 10.1. The minimum Gasteiger partial charge on any atom is -0.444 e. The van der Waals surface area contributed by atoms with E-state index in [0.717, 1.165) is 0 Å². The van der Waals surface area contributed by atoms with Crippen molar-refractivity contribution in [2.75, 3.05) is 29.9 Å². The van der Waals surface area contributed by atoms with Gasteiger partial charge in [0.1, 0.15) is 5.60 Å². The summed E-state index contributed by atoms with van der Waals surface area (Å²) in [5.74, 6) is -0.400. The predicted molar refractivity (Wildman–Crippen MR) is 111 cm³/mol. The maximum atomic E-state index is 12.8. The number of hydrogen-bond acceptors (Lipinski definition) is 6. The zero-order chi connectivity index (χ0) is 21.8. The lowest BCUT2D eigenvalue weighted by molar-refractivity contribution is -0.134. The fourth-order valence-electron chi connectivity index (χ4n) is 2.93. The zero-order valence-corrected chi connectivity index (χ0v) is 18.1. The van der Waals surface area contributed by atoms with Crippen LogP contribution in [0.3, 0.4) is 0 Å². The maximum absolute atomic E-state index is 12.8. The van der Waals surface area contributed by atoms with Crippen LogP contribution in [0.1, 0.15) is 48.0 Å². The van der Waals surface area contributed by atoms with Crippen LogP contribution in [0.5, 0.6) is 5.75 Å². The van der Waals surface area contributed by atoms with Gasteiger partial charge >= 0.3 is 12.1 Å². The molecule has 0 atom stereocenters. The van der Waals surface area contributed by atoms with Crippen molar-refractivity contribution in [3.8, 4) is 5.75 Å². The molecule has 2 amide bonds. The molecule has 2 rings (SSSR count). The molecule has 1 aliphatic rings. The first-order valence-corrected chi connectivity index (χ1v) is 9.90. The van der Waals surface area contributed by atoms with E-state index in [4.69, 9.17) is 9.47 Å². The van der Waals surface area contributed by atoms with Gasteiger partial charge < -0.3 is 14.4 Å². The topological polar surface area (TPSA) is 88.2 Å². The highest BCUT2D eigenvalue weighted by Gasteiger charge is 2.30. The third kappa shape index (κ3) is 6.19. The third-order valence-electron chi connectivity index (χ3n) is 4.41. The van der Waals surface area contributed by atoms with Crippen LogP contribution in [0.4, 0.5) is 16.2 Å². The monoisotopic (exact) mass is 405 g/mol. The highest BCUT2D eigenvalue weighted by Crippen LogP contribution is 2.37. The molecule has 0 unspecified atom stereocenters. The Hall–Kier alpha value is -2.61. The minimum atomic E-state index is -0.676. The Morgan fingerprint density at radius 1 is 1.21 bits per heavy atom. The summed E-state index contributed by atoms with van der Waals surface area (Å²) in [6.45, 7) is 12.5. The summed E-state index contributed by atoms with van der Waals surface area (Å²) in [5.41, 5.74) is 0.0526. The number of amides is 2. The average Bonchev–Trinajstić information content (AvgIpc) is 2.61. The quantitative estimate of drug-likeness (QED) is 0.597. The number of para-hydroxylation sites is 1. The van der Waals surface area contributed by atoms with E-state index in [1.807, 2.05) is 13.8 Å². The van der Waals surface area contributed by atoms with Crippen molar-refractivity contribution in [2.24, 2.45) is 0 Å². The number of nitrogens with one attached hydrogen (secondary N) is 1. The number of carbonyl (C=O) groups excluding carboxylic acids is 3. The van der Waals surface area contributed by atoms with Crippen LogP contribution in [-0.4, -0.2) is 54.1 Å². The lowest BCUT2D eigenvalue weighted by Gasteiger charge is -2.37. The molecule has 0 bridgehead atoms. The van der Waals surface area contributed by atoms with E-state index in [1.165, 1.54) is 0 Å². The summed E-state index contributed by atoms with van der Waals surface area (Å²) < 4.78 is 10.8. The van der Waals surface area contributed by atoms with Gasteiger partial charge in [0, 0.05) is 25.6 Å². The first-order chi connectivity index (χ1) is 13.5. The first kappa shape index (κ1) is 22.7. The molecule has 0 radical (unpaired) electrons. The Balaban J connectivity index is 2.35. The van der Waals surface area contributed by atoms with E-state index in [2.05, 4.69) is 10.2 Å². The first-order valence-electron chi connectivity index (χ1n) is 9.90. The SMILES string of the molecule is CCC(=O)Oc1c(NC(=O)OC(C)(C)C)cccc1N1CCN(C(C)C)CC1=O. The molecule has 0 aromatic heterocycles. The molecule has 0 saturated carbocycles. The number of piperazine rings is 1. The molecule has 1 aromatic rings. The van der Waals surface area contributed by atoms with Crippen LogP contribution in [0.2, 0.25) is 0 Å². The van der Waals surface area contributed by atoms with Crippen molar-refractivity contribution in [2.45, 2.75) is 59.6 Å². The largest absolute Gasteiger partial charge is 0.444 e. The molecular formula is C21H31N3O5. The minimum absolute atomic E-state index is 0.0897. The molecule has 160 valence electrons. The van der Waals surface area contributed by atoms with Gasteiger partial charge in [0.05, 0.1) is 17.9 Å². The molecule has 1 aromatic carbocycles. The highest BCUT2D eigenvalue weighted by molar-refractivity contribution is 6.00. The molecule has 1 heterocycles. The molecule has 1 N–H and O–H groups in total. The van der Waals surface area contributed by atoms with Crippen LogP contribution in [0, 0.1) is 0 Å². The number of anilines is 2. The van der Waals surface area contributed by atoms with Crippen molar-refractivity contribution in [3.05, 3.63) is 18.2 Å².